The summed E-state index contributed by atoms with van der Waals surface area (Å²) in [6.07, 6.45) is 1.64. The quantitative estimate of drug-likeness (QED) is 0.339. The lowest BCUT2D eigenvalue weighted by atomic mass is 10.1. The van der Waals surface area contributed by atoms with Gasteiger partial charge in [0.15, 0.2) is 5.76 Å². The molecule has 0 radical (unpaired) electrons. The number of ketones is 1. The number of hydrogen-bond acceptors (Lipinski definition) is 5. The molecule has 1 aliphatic heterocycles. The number of carbonyl (C=O) groups is 2. The summed E-state index contributed by atoms with van der Waals surface area (Å²) >= 11 is 6.03. The zero-order chi connectivity index (χ0) is 20.4. The summed E-state index contributed by atoms with van der Waals surface area (Å²) in [6, 6.07) is 18.5. The van der Waals surface area contributed by atoms with Crippen LogP contribution in [0.3, 0.4) is 0 Å². The van der Waals surface area contributed by atoms with Crippen molar-refractivity contribution in [1.82, 2.24) is 0 Å². The number of ether oxygens (including phenoxy) is 3. The molecule has 0 unspecified atom stereocenters. The molecule has 3 aromatic rings. The first-order valence-corrected chi connectivity index (χ1v) is 9.12. The van der Waals surface area contributed by atoms with Gasteiger partial charge in [-0.05, 0) is 48.0 Å². The predicted octanol–water partition coefficient (Wildman–Crippen LogP) is 5.18. The number of carbonyl (C=O) groups excluding carboxylic acids is 2. The summed E-state index contributed by atoms with van der Waals surface area (Å²) in [5.41, 5.74) is 1.42. The van der Waals surface area contributed by atoms with Crippen LogP contribution < -0.4 is 14.2 Å². The molecular formula is C23H15ClO5. The van der Waals surface area contributed by atoms with E-state index in [-0.39, 0.29) is 22.9 Å². The second-order valence-electron chi connectivity index (χ2n) is 6.24. The van der Waals surface area contributed by atoms with Crippen molar-refractivity contribution in [3.63, 3.8) is 0 Å². The Hall–Kier alpha value is -3.57. The number of allylic oxidation sites excluding steroid dienone is 1. The maximum absolute atomic E-state index is 12.6. The topological polar surface area (TPSA) is 61.8 Å². The normalized spacial score (nSPS) is 13.7. The summed E-state index contributed by atoms with van der Waals surface area (Å²) in [6.45, 7) is 0. The highest BCUT2D eigenvalue weighted by Crippen LogP contribution is 2.35. The lowest BCUT2D eigenvalue weighted by Crippen LogP contribution is -2.09. The standard InChI is InChI=1S/C23H15ClO5/c1-27-15-6-4-5-14(11-15)12-21-22(25)18-10-9-16(13-20(18)29-21)28-23(26)17-7-2-3-8-19(17)24/h2-13H,1H3. The van der Waals surface area contributed by atoms with E-state index in [1.807, 2.05) is 18.2 Å². The highest BCUT2D eigenvalue weighted by Gasteiger charge is 2.28. The third-order valence-electron chi connectivity index (χ3n) is 4.34. The van der Waals surface area contributed by atoms with Gasteiger partial charge in [-0.15, -0.1) is 0 Å². The second kappa shape index (κ2) is 7.81. The van der Waals surface area contributed by atoms with Crippen molar-refractivity contribution in [1.29, 1.82) is 0 Å². The minimum atomic E-state index is -0.591. The maximum atomic E-state index is 12.6. The van der Waals surface area contributed by atoms with Gasteiger partial charge >= 0.3 is 5.97 Å². The first-order valence-electron chi connectivity index (χ1n) is 8.74. The number of halogens is 1. The molecule has 0 fully saturated rings. The molecule has 0 spiro atoms. The van der Waals surface area contributed by atoms with Crippen molar-refractivity contribution in [2.75, 3.05) is 7.11 Å². The molecule has 0 bridgehead atoms. The molecule has 0 atom stereocenters. The third kappa shape index (κ3) is 3.86. The Morgan fingerprint density at radius 3 is 2.62 bits per heavy atom. The van der Waals surface area contributed by atoms with E-state index in [4.69, 9.17) is 25.8 Å². The lowest BCUT2D eigenvalue weighted by molar-refractivity contribution is 0.0734. The summed E-state index contributed by atoms with van der Waals surface area (Å²) < 4.78 is 16.3. The van der Waals surface area contributed by atoms with Gasteiger partial charge < -0.3 is 14.2 Å². The van der Waals surface area contributed by atoms with Gasteiger partial charge in [0.05, 0.1) is 23.3 Å². The number of rotatable bonds is 4. The molecule has 0 saturated carbocycles. The highest BCUT2D eigenvalue weighted by atomic mass is 35.5. The van der Waals surface area contributed by atoms with Crippen molar-refractivity contribution >= 4 is 29.4 Å². The van der Waals surface area contributed by atoms with E-state index >= 15 is 0 Å². The summed E-state index contributed by atoms with van der Waals surface area (Å²) in [5.74, 6) is 0.607. The summed E-state index contributed by atoms with van der Waals surface area (Å²) in [5, 5.41) is 0.300. The maximum Gasteiger partial charge on any atom is 0.345 e. The molecule has 0 aromatic heterocycles. The number of fused-ring (bicyclic) bond motifs is 1. The lowest BCUT2D eigenvalue weighted by Gasteiger charge is -2.06. The number of hydrogen-bond donors (Lipinski definition) is 0. The van der Waals surface area contributed by atoms with Gasteiger partial charge in [0, 0.05) is 6.07 Å². The fourth-order valence-corrected chi connectivity index (χ4v) is 3.12. The molecule has 4 rings (SSSR count). The largest absolute Gasteiger partial charge is 0.497 e. The minimum Gasteiger partial charge on any atom is -0.497 e. The Morgan fingerprint density at radius 1 is 1.00 bits per heavy atom. The van der Waals surface area contributed by atoms with Gasteiger partial charge in [0.1, 0.15) is 17.2 Å². The average Bonchev–Trinajstić information content (AvgIpc) is 3.03. The van der Waals surface area contributed by atoms with E-state index in [9.17, 15) is 9.59 Å². The molecule has 29 heavy (non-hydrogen) atoms. The van der Waals surface area contributed by atoms with Crippen LogP contribution in [0.4, 0.5) is 0 Å². The number of methoxy groups -OCH3 is 1. The van der Waals surface area contributed by atoms with Crippen LogP contribution in [0.15, 0.2) is 72.5 Å². The fraction of sp³-hybridized carbons (Fsp3) is 0.0435. The van der Waals surface area contributed by atoms with E-state index < -0.39 is 5.97 Å². The molecule has 0 aliphatic carbocycles. The van der Waals surface area contributed by atoms with Crippen LogP contribution in [0.25, 0.3) is 6.08 Å². The van der Waals surface area contributed by atoms with Gasteiger partial charge in [-0.1, -0.05) is 35.9 Å². The average molecular weight is 407 g/mol. The van der Waals surface area contributed by atoms with E-state index in [1.165, 1.54) is 6.07 Å². The van der Waals surface area contributed by atoms with Gasteiger partial charge in [0.25, 0.3) is 0 Å². The molecule has 6 heteroatoms. The molecule has 0 saturated heterocycles. The fourth-order valence-electron chi connectivity index (χ4n) is 2.90. The monoisotopic (exact) mass is 406 g/mol. The van der Waals surface area contributed by atoms with E-state index in [1.54, 1.807) is 55.7 Å². The number of benzene rings is 3. The van der Waals surface area contributed by atoms with Crippen molar-refractivity contribution in [3.8, 4) is 17.2 Å². The number of Topliss-reactive ketones (excluding diaryl/α,β-unsaturated/α-hetero) is 1. The van der Waals surface area contributed by atoms with Crippen LogP contribution in [-0.2, 0) is 0 Å². The summed E-state index contributed by atoms with van der Waals surface area (Å²) in [4.78, 5) is 24.9. The van der Waals surface area contributed by atoms with Crippen molar-refractivity contribution in [3.05, 3.63) is 94.2 Å². The van der Waals surface area contributed by atoms with Crippen LogP contribution in [0.5, 0.6) is 17.2 Å². The Morgan fingerprint density at radius 2 is 1.83 bits per heavy atom. The SMILES string of the molecule is COc1cccc(C=C2Oc3cc(OC(=O)c4ccccc4Cl)ccc3C2=O)c1. The zero-order valence-electron chi connectivity index (χ0n) is 15.3. The van der Waals surface area contributed by atoms with Crippen molar-refractivity contribution in [2.24, 2.45) is 0 Å². The Balaban J connectivity index is 1.56. The van der Waals surface area contributed by atoms with Gasteiger partial charge in [0.2, 0.25) is 5.78 Å². The van der Waals surface area contributed by atoms with E-state index in [0.717, 1.165) is 5.56 Å². The Labute approximate surface area is 172 Å². The molecule has 144 valence electrons. The van der Waals surface area contributed by atoms with Crippen LogP contribution in [-0.4, -0.2) is 18.9 Å². The van der Waals surface area contributed by atoms with Crippen LogP contribution in [0.1, 0.15) is 26.3 Å². The predicted molar refractivity (Wildman–Crippen MR) is 109 cm³/mol. The molecular weight excluding hydrogens is 392 g/mol. The second-order valence-corrected chi connectivity index (χ2v) is 6.65. The Bertz CT molecular complexity index is 1150. The van der Waals surface area contributed by atoms with Gasteiger partial charge in [-0.25, -0.2) is 4.79 Å². The van der Waals surface area contributed by atoms with Crippen molar-refractivity contribution in [2.45, 2.75) is 0 Å². The molecule has 3 aromatic carbocycles. The molecule has 1 aliphatic rings. The molecule has 0 N–H and O–H groups in total. The minimum absolute atomic E-state index is 0.183. The first-order chi connectivity index (χ1) is 14.0. The smallest absolute Gasteiger partial charge is 0.345 e. The van der Waals surface area contributed by atoms with Gasteiger partial charge in [-0.3, -0.25) is 4.79 Å². The summed E-state index contributed by atoms with van der Waals surface area (Å²) in [7, 11) is 1.57. The highest BCUT2D eigenvalue weighted by molar-refractivity contribution is 6.33. The molecule has 0 amide bonds. The van der Waals surface area contributed by atoms with Crippen LogP contribution in [0.2, 0.25) is 5.02 Å². The van der Waals surface area contributed by atoms with E-state index in [0.29, 0.717) is 22.1 Å². The van der Waals surface area contributed by atoms with E-state index in [2.05, 4.69) is 0 Å². The van der Waals surface area contributed by atoms with Crippen LogP contribution in [0, 0.1) is 0 Å². The molecule has 1 heterocycles. The first kappa shape index (κ1) is 18.8. The zero-order valence-corrected chi connectivity index (χ0v) is 16.1. The van der Waals surface area contributed by atoms with Crippen LogP contribution >= 0.6 is 11.6 Å². The van der Waals surface area contributed by atoms with Crippen molar-refractivity contribution < 1.29 is 23.8 Å². The Kier molecular flexibility index (Phi) is 5.06. The molecule has 5 nitrogen and oxygen atoms in total. The van der Waals surface area contributed by atoms with Gasteiger partial charge in [-0.2, -0.15) is 0 Å². The third-order valence-corrected chi connectivity index (χ3v) is 4.67. The number of esters is 1.